The molecule has 2 rings (SSSR count). The molecule has 0 spiro atoms. The van der Waals surface area contributed by atoms with Crippen molar-refractivity contribution in [2.45, 2.75) is 40.3 Å². The van der Waals surface area contributed by atoms with Crippen molar-refractivity contribution >= 4 is 11.6 Å². The van der Waals surface area contributed by atoms with E-state index >= 15 is 0 Å². The summed E-state index contributed by atoms with van der Waals surface area (Å²) >= 11 is 5.93. The maximum atomic E-state index is 5.93. The fourth-order valence-electron chi connectivity index (χ4n) is 2.61. The molecule has 0 saturated carbocycles. The third kappa shape index (κ3) is 3.62. The maximum absolute atomic E-state index is 5.93. The SMILES string of the molecule is Cc1cc(C)c(CNC(C)c2ccc(Cl)cc2)c(C)c1. The Balaban J connectivity index is 2.07. The lowest BCUT2D eigenvalue weighted by Crippen LogP contribution is -2.19. The van der Waals surface area contributed by atoms with Crippen molar-refractivity contribution in [2.24, 2.45) is 0 Å². The third-order valence-electron chi connectivity index (χ3n) is 3.80. The second-order valence-corrected chi connectivity index (χ2v) is 5.97. The van der Waals surface area contributed by atoms with E-state index in [0.717, 1.165) is 11.6 Å². The predicted octanol–water partition coefficient (Wildman–Crippen LogP) is 5.12. The molecule has 0 aliphatic heterocycles. The molecule has 0 saturated heterocycles. The van der Waals surface area contributed by atoms with Crippen LogP contribution in [0.15, 0.2) is 36.4 Å². The van der Waals surface area contributed by atoms with Crippen LogP contribution in [0, 0.1) is 20.8 Å². The van der Waals surface area contributed by atoms with Crippen LogP contribution in [-0.4, -0.2) is 0 Å². The van der Waals surface area contributed by atoms with E-state index in [1.165, 1.54) is 27.8 Å². The smallest absolute Gasteiger partial charge is 0.0406 e. The maximum Gasteiger partial charge on any atom is 0.0406 e. The van der Waals surface area contributed by atoms with Crippen LogP contribution >= 0.6 is 11.6 Å². The minimum Gasteiger partial charge on any atom is -0.306 e. The lowest BCUT2D eigenvalue weighted by atomic mass is 9.99. The molecule has 1 N–H and O–H groups in total. The first-order valence-electron chi connectivity index (χ1n) is 7.03. The zero-order valence-corrected chi connectivity index (χ0v) is 13.4. The molecule has 0 aliphatic carbocycles. The van der Waals surface area contributed by atoms with Crippen LogP contribution in [0.2, 0.25) is 5.02 Å². The molecule has 1 unspecified atom stereocenters. The molecule has 0 aliphatic rings. The van der Waals surface area contributed by atoms with Crippen molar-refractivity contribution in [2.75, 3.05) is 0 Å². The van der Waals surface area contributed by atoms with E-state index in [1.54, 1.807) is 0 Å². The second-order valence-electron chi connectivity index (χ2n) is 5.53. The van der Waals surface area contributed by atoms with Gasteiger partial charge >= 0.3 is 0 Å². The first-order valence-corrected chi connectivity index (χ1v) is 7.40. The van der Waals surface area contributed by atoms with Crippen LogP contribution < -0.4 is 5.32 Å². The van der Waals surface area contributed by atoms with Gasteiger partial charge in [0.05, 0.1) is 0 Å². The molecule has 106 valence electrons. The highest BCUT2D eigenvalue weighted by molar-refractivity contribution is 6.30. The van der Waals surface area contributed by atoms with Crippen molar-refractivity contribution in [3.05, 3.63) is 69.2 Å². The number of hydrogen-bond acceptors (Lipinski definition) is 1. The first-order chi connectivity index (χ1) is 9.47. The zero-order chi connectivity index (χ0) is 14.7. The van der Waals surface area contributed by atoms with Gasteiger partial charge in [-0.15, -0.1) is 0 Å². The Morgan fingerprint density at radius 3 is 2.10 bits per heavy atom. The Hall–Kier alpha value is -1.31. The molecule has 0 bridgehead atoms. The summed E-state index contributed by atoms with van der Waals surface area (Å²) in [6.07, 6.45) is 0. The topological polar surface area (TPSA) is 12.0 Å². The van der Waals surface area contributed by atoms with Crippen LogP contribution in [0.3, 0.4) is 0 Å². The number of rotatable bonds is 4. The van der Waals surface area contributed by atoms with Crippen molar-refractivity contribution in [1.29, 1.82) is 0 Å². The Morgan fingerprint density at radius 1 is 1.00 bits per heavy atom. The Kier molecular flexibility index (Phi) is 4.85. The second kappa shape index (κ2) is 6.43. The van der Waals surface area contributed by atoms with Gasteiger partial charge in [0.1, 0.15) is 0 Å². The molecule has 0 aromatic heterocycles. The summed E-state index contributed by atoms with van der Waals surface area (Å²) < 4.78 is 0. The van der Waals surface area contributed by atoms with Crippen molar-refractivity contribution in [1.82, 2.24) is 5.32 Å². The number of aryl methyl sites for hydroxylation is 3. The van der Waals surface area contributed by atoms with Gasteiger partial charge in [-0.3, -0.25) is 0 Å². The van der Waals surface area contributed by atoms with E-state index in [1.807, 2.05) is 12.1 Å². The number of hydrogen-bond donors (Lipinski definition) is 1. The molecular weight excluding hydrogens is 266 g/mol. The molecule has 2 aromatic carbocycles. The van der Waals surface area contributed by atoms with E-state index in [2.05, 4.69) is 57.3 Å². The van der Waals surface area contributed by atoms with Gasteiger partial charge in [-0.05, 0) is 62.1 Å². The van der Waals surface area contributed by atoms with Gasteiger partial charge in [0.25, 0.3) is 0 Å². The summed E-state index contributed by atoms with van der Waals surface area (Å²) in [6.45, 7) is 9.59. The molecule has 0 amide bonds. The Morgan fingerprint density at radius 2 is 1.55 bits per heavy atom. The highest BCUT2D eigenvalue weighted by atomic mass is 35.5. The summed E-state index contributed by atoms with van der Waals surface area (Å²) in [4.78, 5) is 0. The Labute approximate surface area is 127 Å². The van der Waals surface area contributed by atoms with Crippen LogP contribution in [0.25, 0.3) is 0 Å². The first kappa shape index (κ1) is 15.1. The molecule has 2 heteroatoms. The van der Waals surface area contributed by atoms with Gasteiger partial charge in [-0.2, -0.15) is 0 Å². The molecule has 20 heavy (non-hydrogen) atoms. The van der Waals surface area contributed by atoms with Crippen molar-refractivity contribution in [3.8, 4) is 0 Å². The quantitative estimate of drug-likeness (QED) is 0.823. The lowest BCUT2D eigenvalue weighted by Gasteiger charge is -2.17. The highest BCUT2D eigenvalue weighted by Crippen LogP contribution is 2.19. The lowest BCUT2D eigenvalue weighted by molar-refractivity contribution is 0.572. The van der Waals surface area contributed by atoms with Crippen LogP contribution in [-0.2, 0) is 6.54 Å². The molecule has 1 atom stereocenters. The number of nitrogens with one attached hydrogen (secondary N) is 1. The van der Waals surface area contributed by atoms with E-state index in [0.29, 0.717) is 6.04 Å². The van der Waals surface area contributed by atoms with Crippen molar-refractivity contribution in [3.63, 3.8) is 0 Å². The van der Waals surface area contributed by atoms with E-state index in [9.17, 15) is 0 Å². The van der Waals surface area contributed by atoms with Gasteiger partial charge in [0.15, 0.2) is 0 Å². The van der Waals surface area contributed by atoms with Crippen molar-refractivity contribution < 1.29 is 0 Å². The Bertz CT molecular complexity index is 564. The molecular formula is C18H22ClN. The predicted molar refractivity (Wildman–Crippen MR) is 87.4 cm³/mol. The molecule has 0 heterocycles. The molecule has 1 nitrogen and oxygen atoms in total. The largest absolute Gasteiger partial charge is 0.306 e. The van der Waals surface area contributed by atoms with E-state index < -0.39 is 0 Å². The minimum absolute atomic E-state index is 0.312. The summed E-state index contributed by atoms with van der Waals surface area (Å²) in [5, 5.41) is 4.38. The van der Waals surface area contributed by atoms with E-state index in [4.69, 9.17) is 11.6 Å². The van der Waals surface area contributed by atoms with Gasteiger partial charge in [0.2, 0.25) is 0 Å². The van der Waals surface area contributed by atoms with Crippen LogP contribution in [0.1, 0.15) is 40.8 Å². The van der Waals surface area contributed by atoms with Gasteiger partial charge < -0.3 is 5.32 Å². The normalized spacial score (nSPS) is 12.4. The monoisotopic (exact) mass is 287 g/mol. The summed E-state index contributed by atoms with van der Waals surface area (Å²) in [7, 11) is 0. The summed E-state index contributed by atoms with van der Waals surface area (Å²) in [6, 6.07) is 12.8. The average Bonchev–Trinajstić information content (AvgIpc) is 2.38. The standard InChI is InChI=1S/C18H22ClN/c1-12-9-13(2)18(14(3)10-12)11-20-15(4)16-5-7-17(19)8-6-16/h5-10,15,20H,11H2,1-4H3. The van der Waals surface area contributed by atoms with Crippen LogP contribution in [0.5, 0.6) is 0 Å². The summed E-state index contributed by atoms with van der Waals surface area (Å²) in [5.41, 5.74) is 6.71. The minimum atomic E-state index is 0.312. The molecule has 0 radical (unpaired) electrons. The number of halogens is 1. The number of benzene rings is 2. The summed E-state index contributed by atoms with van der Waals surface area (Å²) in [5.74, 6) is 0. The van der Waals surface area contributed by atoms with Gasteiger partial charge in [-0.25, -0.2) is 0 Å². The fourth-order valence-corrected chi connectivity index (χ4v) is 2.74. The highest BCUT2D eigenvalue weighted by Gasteiger charge is 2.08. The van der Waals surface area contributed by atoms with Gasteiger partial charge in [0, 0.05) is 17.6 Å². The molecule has 0 fully saturated rings. The van der Waals surface area contributed by atoms with Crippen LogP contribution in [0.4, 0.5) is 0 Å². The zero-order valence-electron chi connectivity index (χ0n) is 12.6. The third-order valence-corrected chi connectivity index (χ3v) is 4.05. The molecule has 2 aromatic rings. The van der Waals surface area contributed by atoms with Gasteiger partial charge in [-0.1, -0.05) is 41.4 Å². The average molecular weight is 288 g/mol. The fraction of sp³-hybridized carbons (Fsp3) is 0.333. The van der Waals surface area contributed by atoms with E-state index in [-0.39, 0.29) is 0 Å².